The Morgan fingerprint density at radius 3 is 2.75 bits per heavy atom. The molecule has 1 N–H and O–H groups in total. The monoisotopic (exact) mass is 459 g/mol. The smallest absolute Gasteiger partial charge is 0.357 e. The molecule has 0 amide bonds. The number of likely N-dealkylation sites (tertiary alicyclic amines) is 1. The van der Waals surface area contributed by atoms with Gasteiger partial charge in [-0.25, -0.2) is 4.99 Å². The van der Waals surface area contributed by atoms with Crippen molar-refractivity contribution in [2.24, 2.45) is 18.0 Å². The number of aryl methyl sites for hydroxylation is 1. The van der Waals surface area contributed by atoms with Gasteiger partial charge in [-0.15, -0.1) is 24.0 Å². The van der Waals surface area contributed by atoms with Gasteiger partial charge >= 0.3 is 6.18 Å². The van der Waals surface area contributed by atoms with E-state index in [0.717, 1.165) is 19.5 Å². The van der Waals surface area contributed by atoms with Crippen LogP contribution in [0.25, 0.3) is 0 Å². The molecule has 0 saturated carbocycles. The minimum Gasteiger partial charge on any atom is -0.357 e. The van der Waals surface area contributed by atoms with E-state index in [1.54, 1.807) is 0 Å². The van der Waals surface area contributed by atoms with Crippen LogP contribution in [-0.4, -0.2) is 40.3 Å². The van der Waals surface area contributed by atoms with Crippen LogP contribution >= 0.6 is 24.0 Å². The van der Waals surface area contributed by atoms with E-state index in [0.29, 0.717) is 18.4 Å². The summed E-state index contributed by atoms with van der Waals surface area (Å²) in [4.78, 5) is 6.53. The van der Waals surface area contributed by atoms with Crippen molar-refractivity contribution in [3.8, 4) is 0 Å². The number of nitrogens with one attached hydrogen (secondary N) is 1. The molecule has 1 aromatic heterocycles. The van der Waals surface area contributed by atoms with Crippen LogP contribution in [0.1, 0.15) is 37.9 Å². The zero-order valence-corrected chi connectivity index (χ0v) is 16.6. The van der Waals surface area contributed by atoms with Crippen LogP contribution in [0.2, 0.25) is 0 Å². The largest absolute Gasteiger partial charge is 0.435 e. The van der Waals surface area contributed by atoms with Gasteiger partial charge in [-0.05, 0) is 25.7 Å². The molecular formula is C15H25F3IN5. The number of hydrogen-bond donors (Lipinski definition) is 1. The summed E-state index contributed by atoms with van der Waals surface area (Å²) in [6.07, 6.45) is -0.818. The molecule has 24 heavy (non-hydrogen) atoms. The van der Waals surface area contributed by atoms with Gasteiger partial charge in [0.25, 0.3) is 0 Å². The number of nitrogens with zero attached hydrogens (tertiary/aromatic N) is 4. The quantitative estimate of drug-likeness (QED) is 0.429. The van der Waals surface area contributed by atoms with E-state index >= 15 is 0 Å². The Morgan fingerprint density at radius 1 is 1.46 bits per heavy atom. The van der Waals surface area contributed by atoms with Crippen molar-refractivity contribution in [2.45, 2.75) is 39.4 Å². The van der Waals surface area contributed by atoms with E-state index in [2.05, 4.69) is 27.2 Å². The highest BCUT2D eigenvalue weighted by Gasteiger charge is 2.36. The van der Waals surface area contributed by atoms with Crippen molar-refractivity contribution in [1.82, 2.24) is 20.0 Å². The van der Waals surface area contributed by atoms with Crippen molar-refractivity contribution in [2.75, 3.05) is 19.6 Å². The Hall–Kier alpha value is -1.00. The van der Waals surface area contributed by atoms with Crippen molar-refractivity contribution >= 4 is 29.9 Å². The highest BCUT2D eigenvalue weighted by Crippen LogP contribution is 2.30. The first-order valence-electron chi connectivity index (χ1n) is 7.94. The van der Waals surface area contributed by atoms with Gasteiger partial charge in [-0.3, -0.25) is 4.68 Å². The molecule has 0 radical (unpaired) electrons. The number of piperidine rings is 1. The molecule has 138 valence electrons. The third-order valence-electron chi connectivity index (χ3n) is 3.86. The second-order valence-corrected chi connectivity index (χ2v) is 6.04. The molecule has 0 bridgehead atoms. The summed E-state index contributed by atoms with van der Waals surface area (Å²) in [5, 5.41) is 6.69. The summed E-state index contributed by atoms with van der Waals surface area (Å²) in [6.45, 7) is 6.55. The van der Waals surface area contributed by atoms with Crippen molar-refractivity contribution in [3.05, 3.63) is 17.5 Å². The zero-order chi connectivity index (χ0) is 17.0. The Morgan fingerprint density at radius 2 is 2.17 bits per heavy atom. The highest BCUT2D eigenvalue weighted by molar-refractivity contribution is 14.0. The zero-order valence-electron chi connectivity index (χ0n) is 14.2. The van der Waals surface area contributed by atoms with Gasteiger partial charge in [0.2, 0.25) is 0 Å². The number of alkyl halides is 3. The van der Waals surface area contributed by atoms with Crippen molar-refractivity contribution < 1.29 is 13.2 Å². The second kappa shape index (κ2) is 8.91. The van der Waals surface area contributed by atoms with Gasteiger partial charge in [-0.2, -0.15) is 18.3 Å². The van der Waals surface area contributed by atoms with E-state index in [-0.39, 0.29) is 36.1 Å². The van der Waals surface area contributed by atoms with Crippen LogP contribution in [0.15, 0.2) is 11.2 Å². The molecular weight excluding hydrogens is 434 g/mol. The van der Waals surface area contributed by atoms with Gasteiger partial charge in [0.15, 0.2) is 11.7 Å². The van der Waals surface area contributed by atoms with Crippen LogP contribution in [-0.2, 0) is 19.8 Å². The van der Waals surface area contributed by atoms with E-state index in [1.165, 1.54) is 24.3 Å². The minimum atomic E-state index is -4.45. The maximum Gasteiger partial charge on any atom is 0.435 e. The molecule has 9 heteroatoms. The minimum absolute atomic E-state index is 0. The molecule has 2 heterocycles. The average molecular weight is 459 g/mol. The molecule has 0 aliphatic carbocycles. The lowest BCUT2D eigenvalue weighted by Crippen LogP contribution is -2.46. The third-order valence-corrected chi connectivity index (χ3v) is 3.86. The molecule has 1 atom stereocenters. The molecule has 2 rings (SSSR count). The normalized spacial score (nSPS) is 19.2. The van der Waals surface area contributed by atoms with Crippen LogP contribution in [0, 0.1) is 5.92 Å². The Labute approximate surface area is 157 Å². The van der Waals surface area contributed by atoms with Crippen molar-refractivity contribution in [1.29, 1.82) is 0 Å². The maximum atomic E-state index is 13.0. The number of rotatable bonds is 3. The lowest BCUT2D eigenvalue weighted by Gasteiger charge is -2.33. The third kappa shape index (κ3) is 5.52. The summed E-state index contributed by atoms with van der Waals surface area (Å²) in [5.41, 5.74) is -0.757. The first-order chi connectivity index (χ1) is 10.8. The summed E-state index contributed by atoms with van der Waals surface area (Å²) < 4.78 is 40.2. The van der Waals surface area contributed by atoms with Crippen molar-refractivity contribution in [3.63, 3.8) is 0 Å². The molecule has 1 saturated heterocycles. The summed E-state index contributed by atoms with van der Waals surface area (Å²) in [6, 6.07) is 0. The van der Waals surface area contributed by atoms with E-state index < -0.39 is 11.9 Å². The first-order valence-corrected chi connectivity index (χ1v) is 7.94. The lowest BCUT2D eigenvalue weighted by molar-refractivity contribution is -0.142. The van der Waals surface area contributed by atoms with Gasteiger partial charge in [0.05, 0.1) is 6.54 Å². The molecule has 1 aliphatic heterocycles. The molecule has 1 aliphatic rings. The molecule has 1 unspecified atom stereocenters. The van der Waals surface area contributed by atoms with Crippen LogP contribution < -0.4 is 5.32 Å². The molecule has 1 fully saturated rings. The van der Waals surface area contributed by atoms with E-state index in [4.69, 9.17) is 0 Å². The van der Waals surface area contributed by atoms with E-state index in [1.807, 2.05) is 6.92 Å². The summed E-state index contributed by atoms with van der Waals surface area (Å²) >= 11 is 0. The molecule has 0 aromatic carbocycles. The van der Waals surface area contributed by atoms with Crippen LogP contribution in [0.3, 0.4) is 0 Å². The lowest BCUT2D eigenvalue weighted by atomic mass is 10.0. The molecule has 0 spiro atoms. The maximum absolute atomic E-state index is 13.0. The number of hydrogen-bond acceptors (Lipinski definition) is 2. The SMILES string of the molecule is CCNC(=NCc1cn(C)nc1C(F)(F)F)N1CCCC(C)C1.I. The number of halogens is 4. The van der Waals surface area contributed by atoms with E-state index in [9.17, 15) is 13.2 Å². The Balaban J connectivity index is 0.00000288. The first kappa shape index (κ1) is 21.0. The van der Waals surface area contributed by atoms with Gasteiger partial charge in [-0.1, -0.05) is 6.92 Å². The standard InChI is InChI=1S/C15H24F3N5.HI/c1-4-19-14(23-7-5-6-11(2)9-23)20-8-12-10-22(3)21-13(12)15(16,17)18;/h10-11H,4-9H2,1-3H3,(H,19,20);1H. The number of guanidine groups is 1. The predicted molar refractivity (Wildman–Crippen MR) is 98.4 cm³/mol. The van der Waals surface area contributed by atoms with Crippen LogP contribution in [0.5, 0.6) is 0 Å². The average Bonchev–Trinajstić information content (AvgIpc) is 2.84. The predicted octanol–water partition coefficient (Wildman–Crippen LogP) is 3.25. The fourth-order valence-electron chi connectivity index (χ4n) is 2.86. The Bertz CT molecular complexity index is 556. The highest BCUT2D eigenvalue weighted by atomic mass is 127. The van der Waals surface area contributed by atoms with Gasteiger partial charge < -0.3 is 10.2 Å². The fraction of sp³-hybridized carbons (Fsp3) is 0.733. The second-order valence-electron chi connectivity index (χ2n) is 6.04. The van der Waals surface area contributed by atoms with Crippen LogP contribution in [0.4, 0.5) is 13.2 Å². The Kier molecular flexibility index (Phi) is 7.81. The summed E-state index contributed by atoms with van der Waals surface area (Å²) in [5.74, 6) is 1.24. The fourth-order valence-corrected chi connectivity index (χ4v) is 2.86. The molecule has 5 nitrogen and oxygen atoms in total. The van der Waals surface area contributed by atoms with Gasteiger partial charge in [0.1, 0.15) is 0 Å². The number of aromatic nitrogens is 2. The topological polar surface area (TPSA) is 45.5 Å². The summed E-state index contributed by atoms with van der Waals surface area (Å²) in [7, 11) is 1.49. The van der Waals surface area contributed by atoms with Gasteiger partial charge in [0, 0.05) is 38.4 Å². The molecule has 1 aromatic rings. The number of aliphatic imine (C=N–C) groups is 1.